The molecule has 68 valence electrons. The molecule has 0 bridgehead atoms. The third-order valence-electron chi connectivity index (χ3n) is 2.06. The lowest BCUT2D eigenvalue weighted by Crippen LogP contribution is -2.00. The zero-order valence-corrected chi connectivity index (χ0v) is 8.20. The van der Waals surface area contributed by atoms with Crippen LogP contribution < -0.4 is 0 Å². The molecular formula is C12H15N. The van der Waals surface area contributed by atoms with Crippen LogP contribution in [0.15, 0.2) is 30.3 Å². The molecular weight excluding hydrogens is 158 g/mol. The van der Waals surface area contributed by atoms with Gasteiger partial charge in [-0.1, -0.05) is 44.2 Å². The minimum atomic E-state index is 0.0567. The summed E-state index contributed by atoms with van der Waals surface area (Å²) >= 11 is 0. The highest BCUT2D eigenvalue weighted by Crippen LogP contribution is 2.22. The molecule has 0 aliphatic heterocycles. The average molecular weight is 173 g/mol. The first kappa shape index (κ1) is 9.80. The van der Waals surface area contributed by atoms with Gasteiger partial charge < -0.3 is 0 Å². The van der Waals surface area contributed by atoms with E-state index in [-0.39, 0.29) is 5.92 Å². The summed E-state index contributed by atoms with van der Waals surface area (Å²) in [6.45, 7) is 4.29. The minimum absolute atomic E-state index is 0.0567. The summed E-state index contributed by atoms with van der Waals surface area (Å²) < 4.78 is 0. The van der Waals surface area contributed by atoms with E-state index in [1.807, 2.05) is 30.3 Å². The van der Waals surface area contributed by atoms with Crippen LogP contribution in [0.3, 0.4) is 0 Å². The Morgan fingerprint density at radius 3 is 2.31 bits per heavy atom. The van der Waals surface area contributed by atoms with Crippen LogP contribution in [0.4, 0.5) is 0 Å². The zero-order valence-electron chi connectivity index (χ0n) is 8.20. The van der Waals surface area contributed by atoms with Gasteiger partial charge in [0.25, 0.3) is 0 Å². The van der Waals surface area contributed by atoms with Crippen molar-refractivity contribution < 1.29 is 0 Å². The van der Waals surface area contributed by atoms with Gasteiger partial charge in [0.05, 0.1) is 12.0 Å². The van der Waals surface area contributed by atoms with Crippen LogP contribution in [0, 0.1) is 17.2 Å². The van der Waals surface area contributed by atoms with Crippen molar-refractivity contribution >= 4 is 0 Å². The van der Waals surface area contributed by atoms with E-state index in [9.17, 15) is 0 Å². The molecule has 1 aromatic rings. The molecule has 0 aliphatic carbocycles. The van der Waals surface area contributed by atoms with E-state index < -0.39 is 0 Å². The van der Waals surface area contributed by atoms with Gasteiger partial charge in [0.2, 0.25) is 0 Å². The van der Waals surface area contributed by atoms with Crippen molar-refractivity contribution in [2.45, 2.75) is 26.2 Å². The van der Waals surface area contributed by atoms with Crippen molar-refractivity contribution in [2.24, 2.45) is 5.92 Å². The standard InChI is InChI=1S/C12H15N/c1-10(2)8-12(9-13)11-6-4-3-5-7-11/h3-7,10,12H,8H2,1-2H3. The molecule has 0 radical (unpaired) electrons. The number of benzene rings is 1. The van der Waals surface area contributed by atoms with E-state index in [0.717, 1.165) is 12.0 Å². The van der Waals surface area contributed by atoms with Gasteiger partial charge in [0.15, 0.2) is 0 Å². The number of hydrogen-bond donors (Lipinski definition) is 0. The largest absolute Gasteiger partial charge is 0.198 e. The number of nitrogens with zero attached hydrogens (tertiary/aromatic N) is 1. The SMILES string of the molecule is CC(C)CC(C#N)c1ccccc1. The third kappa shape index (κ3) is 2.91. The Morgan fingerprint density at radius 2 is 1.85 bits per heavy atom. The van der Waals surface area contributed by atoms with Crippen molar-refractivity contribution in [3.05, 3.63) is 35.9 Å². The minimum Gasteiger partial charge on any atom is -0.198 e. The van der Waals surface area contributed by atoms with Crippen LogP contribution >= 0.6 is 0 Å². The van der Waals surface area contributed by atoms with Gasteiger partial charge in [-0.15, -0.1) is 0 Å². The Morgan fingerprint density at radius 1 is 1.23 bits per heavy atom. The van der Waals surface area contributed by atoms with Crippen molar-refractivity contribution in [1.29, 1.82) is 5.26 Å². The summed E-state index contributed by atoms with van der Waals surface area (Å²) in [5.74, 6) is 0.631. The molecule has 1 unspecified atom stereocenters. The summed E-state index contributed by atoms with van der Waals surface area (Å²) in [7, 11) is 0. The van der Waals surface area contributed by atoms with E-state index in [2.05, 4.69) is 19.9 Å². The van der Waals surface area contributed by atoms with E-state index >= 15 is 0 Å². The monoisotopic (exact) mass is 173 g/mol. The summed E-state index contributed by atoms with van der Waals surface area (Å²) in [5, 5.41) is 8.98. The lowest BCUT2D eigenvalue weighted by Gasteiger charge is -2.11. The second-order valence-electron chi connectivity index (χ2n) is 3.72. The van der Waals surface area contributed by atoms with E-state index in [4.69, 9.17) is 5.26 Å². The average Bonchev–Trinajstić information content (AvgIpc) is 2.15. The van der Waals surface area contributed by atoms with E-state index in [0.29, 0.717) is 5.92 Å². The summed E-state index contributed by atoms with van der Waals surface area (Å²) in [5.41, 5.74) is 1.14. The highest BCUT2D eigenvalue weighted by Gasteiger charge is 2.11. The Kier molecular flexibility index (Phi) is 3.52. The van der Waals surface area contributed by atoms with Crippen LogP contribution in [0.2, 0.25) is 0 Å². The maximum absolute atomic E-state index is 8.98. The molecule has 13 heavy (non-hydrogen) atoms. The maximum atomic E-state index is 8.98. The van der Waals surface area contributed by atoms with Gasteiger partial charge in [0, 0.05) is 0 Å². The molecule has 1 aromatic carbocycles. The van der Waals surface area contributed by atoms with Crippen LogP contribution in [-0.4, -0.2) is 0 Å². The maximum Gasteiger partial charge on any atom is 0.0715 e. The first-order chi connectivity index (χ1) is 6.24. The topological polar surface area (TPSA) is 23.8 Å². The number of rotatable bonds is 3. The fourth-order valence-electron chi connectivity index (χ4n) is 1.42. The number of hydrogen-bond acceptors (Lipinski definition) is 1. The van der Waals surface area contributed by atoms with Crippen molar-refractivity contribution in [1.82, 2.24) is 0 Å². The van der Waals surface area contributed by atoms with Gasteiger partial charge in [-0.25, -0.2) is 0 Å². The molecule has 0 amide bonds. The molecule has 0 N–H and O–H groups in total. The highest BCUT2D eigenvalue weighted by atomic mass is 14.3. The summed E-state index contributed by atoms with van der Waals surface area (Å²) in [6, 6.07) is 12.3. The van der Waals surface area contributed by atoms with Crippen LogP contribution in [0.1, 0.15) is 31.7 Å². The third-order valence-corrected chi connectivity index (χ3v) is 2.06. The Bertz CT molecular complexity index is 282. The Balaban J connectivity index is 2.75. The Labute approximate surface area is 80.0 Å². The molecule has 1 heteroatoms. The molecule has 0 spiro atoms. The van der Waals surface area contributed by atoms with Gasteiger partial charge in [-0.05, 0) is 17.9 Å². The second-order valence-corrected chi connectivity index (χ2v) is 3.72. The first-order valence-electron chi connectivity index (χ1n) is 4.68. The van der Waals surface area contributed by atoms with E-state index in [1.54, 1.807) is 0 Å². The van der Waals surface area contributed by atoms with E-state index in [1.165, 1.54) is 0 Å². The van der Waals surface area contributed by atoms with Crippen molar-refractivity contribution in [3.8, 4) is 6.07 Å². The second kappa shape index (κ2) is 4.67. The molecule has 1 rings (SSSR count). The zero-order chi connectivity index (χ0) is 9.68. The Hall–Kier alpha value is -1.29. The predicted octanol–water partition coefficient (Wildman–Crippen LogP) is 3.34. The molecule has 0 saturated heterocycles. The molecule has 0 saturated carbocycles. The van der Waals surface area contributed by atoms with Gasteiger partial charge in [0.1, 0.15) is 0 Å². The van der Waals surface area contributed by atoms with Gasteiger partial charge >= 0.3 is 0 Å². The quantitative estimate of drug-likeness (QED) is 0.687. The summed E-state index contributed by atoms with van der Waals surface area (Å²) in [4.78, 5) is 0. The normalized spacial score (nSPS) is 12.5. The molecule has 0 aromatic heterocycles. The molecule has 0 fully saturated rings. The lowest BCUT2D eigenvalue weighted by atomic mass is 9.92. The first-order valence-corrected chi connectivity index (χ1v) is 4.68. The van der Waals surface area contributed by atoms with Crippen LogP contribution in [0.25, 0.3) is 0 Å². The molecule has 1 nitrogen and oxygen atoms in total. The van der Waals surface area contributed by atoms with Gasteiger partial charge in [-0.2, -0.15) is 5.26 Å². The summed E-state index contributed by atoms with van der Waals surface area (Å²) in [6.07, 6.45) is 0.945. The molecule has 0 heterocycles. The highest BCUT2D eigenvalue weighted by molar-refractivity contribution is 5.24. The van der Waals surface area contributed by atoms with Crippen molar-refractivity contribution in [3.63, 3.8) is 0 Å². The van der Waals surface area contributed by atoms with Crippen LogP contribution in [0.5, 0.6) is 0 Å². The fraction of sp³-hybridized carbons (Fsp3) is 0.417. The molecule has 0 aliphatic rings. The predicted molar refractivity (Wildman–Crippen MR) is 54.3 cm³/mol. The molecule has 1 atom stereocenters. The smallest absolute Gasteiger partial charge is 0.0715 e. The van der Waals surface area contributed by atoms with Crippen molar-refractivity contribution in [2.75, 3.05) is 0 Å². The lowest BCUT2D eigenvalue weighted by molar-refractivity contribution is 0.555. The van der Waals surface area contributed by atoms with Gasteiger partial charge in [-0.3, -0.25) is 0 Å². The number of nitriles is 1. The fourth-order valence-corrected chi connectivity index (χ4v) is 1.42. The van der Waals surface area contributed by atoms with Crippen LogP contribution in [-0.2, 0) is 0 Å².